The van der Waals surface area contributed by atoms with Crippen molar-refractivity contribution in [2.24, 2.45) is 0 Å². The Morgan fingerprint density at radius 3 is 2.68 bits per heavy atom. The van der Waals surface area contributed by atoms with E-state index < -0.39 is 41.7 Å². The second-order valence-electron chi connectivity index (χ2n) is 5.24. The molecule has 3 amide bonds. The number of benzene rings is 1. The SMILES string of the molecule is CC(NC(=O)O)C(=O)NC1COc2ccc(C(F)(F)F)cc2NC1=O. The molecule has 0 saturated carbocycles. The zero-order valence-corrected chi connectivity index (χ0v) is 12.8. The van der Waals surface area contributed by atoms with E-state index in [9.17, 15) is 27.6 Å². The van der Waals surface area contributed by atoms with Crippen molar-refractivity contribution in [3.63, 3.8) is 0 Å². The summed E-state index contributed by atoms with van der Waals surface area (Å²) in [5.74, 6) is -1.54. The van der Waals surface area contributed by atoms with Crippen LogP contribution in [0.25, 0.3) is 0 Å². The van der Waals surface area contributed by atoms with E-state index in [1.165, 1.54) is 6.92 Å². The van der Waals surface area contributed by atoms with Crippen molar-refractivity contribution in [1.29, 1.82) is 0 Å². The quantitative estimate of drug-likeness (QED) is 0.645. The summed E-state index contributed by atoms with van der Waals surface area (Å²) < 4.78 is 43.5. The minimum absolute atomic E-state index is 0.0230. The van der Waals surface area contributed by atoms with E-state index in [4.69, 9.17) is 9.84 Å². The monoisotopic (exact) mass is 361 g/mol. The second kappa shape index (κ2) is 6.87. The minimum atomic E-state index is -4.59. The summed E-state index contributed by atoms with van der Waals surface area (Å²) in [6.07, 6.45) is -6.01. The molecule has 0 fully saturated rings. The van der Waals surface area contributed by atoms with Gasteiger partial charge in [0.15, 0.2) is 0 Å². The Morgan fingerprint density at radius 2 is 2.08 bits per heavy atom. The highest BCUT2D eigenvalue weighted by Gasteiger charge is 2.33. The van der Waals surface area contributed by atoms with Crippen molar-refractivity contribution in [2.75, 3.05) is 11.9 Å². The molecule has 0 aromatic heterocycles. The molecular formula is C14H14F3N3O5. The standard InChI is InChI=1S/C14H14F3N3O5/c1-6(18-13(23)24)11(21)20-9-5-25-10-3-2-7(14(15,16)17)4-8(10)19-12(9)22/h2-4,6,9,18H,5H2,1H3,(H,19,22)(H,20,21)(H,23,24). The van der Waals surface area contributed by atoms with Crippen LogP contribution < -0.4 is 20.7 Å². The van der Waals surface area contributed by atoms with Crippen molar-refractivity contribution in [3.8, 4) is 5.75 Å². The first-order valence-electron chi connectivity index (χ1n) is 7.02. The number of halogens is 3. The Kier molecular flexibility index (Phi) is 5.04. The van der Waals surface area contributed by atoms with Crippen LogP contribution in [0.3, 0.4) is 0 Å². The molecule has 0 saturated heterocycles. The van der Waals surface area contributed by atoms with Gasteiger partial charge in [0.25, 0.3) is 5.91 Å². The van der Waals surface area contributed by atoms with Crippen LogP contribution in [0.15, 0.2) is 18.2 Å². The van der Waals surface area contributed by atoms with Crippen LogP contribution in [0.2, 0.25) is 0 Å². The highest BCUT2D eigenvalue weighted by atomic mass is 19.4. The fraction of sp³-hybridized carbons (Fsp3) is 0.357. The number of carbonyl (C=O) groups is 3. The predicted molar refractivity (Wildman–Crippen MR) is 78.1 cm³/mol. The topological polar surface area (TPSA) is 117 Å². The largest absolute Gasteiger partial charge is 0.489 e. The number of hydrogen-bond donors (Lipinski definition) is 4. The van der Waals surface area contributed by atoms with Crippen LogP contribution in [-0.2, 0) is 15.8 Å². The summed E-state index contributed by atoms with van der Waals surface area (Å²) in [7, 11) is 0. The number of nitrogens with one attached hydrogen (secondary N) is 3. The maximum atomic E-state index is 12.7. The predicted octanol–water partition coefficient (Wildman–Crippen LogP) is 1.18. The van der Waals surface area contributed by atoms with E-state index in [1.807, 2.05) is 5.32 Å². The lowest BCUT2D eigenvalue weighted by Gasteiger charge is -2.17. The Morgan fingerprint density at radius 1 is 1.40 bits per heavy atom. The molecule has 1 aliphatic heterocycles. The summed E-state index contributed by atoms with van der Waals surface area (Å²) in [5.41, 5.74) is -1.13. The highest BCUT2D eigenvalue weighted by Crippen LogP contribution is 2.35. The van der Waals surface area contributed by atoms with Gasteiger partial charge in [0, 0.05) is 0 Å². The van der Waals surface area contributed by atoms with Gasteiger partial charge in [-0.25, -0.2) is 4.79 Å². The Hall–Kier alpha value is -2.98. The normalized spacial score (nSPS) is 18.1. The molecule has 2 rings (SSSR count). The maximum absolute atomic E-state index is 12.7. The van der Waals surface area contributed by atoms with Crippen LogP contribution in [0, 0.1) is 0 Å². The highest BCUT2D eigenvalue weighted by molar-refractivity contribution is 5.99. The van der Waals surface area contributed by atoms with E-state index in [2.05, 4.69) is 10.6 Å². The van der Waals surface area contributed by atoms with Crippen molar-refractivity contribution < 1.29 is 37.4 Å². The number of amides is 3. The number of fused-ring (bicyclic) bond motifs is 1. The number of ether oxygens (including phenoxy) is 1. The number of rotatable bonds is 3. The van der Waals surface area contributed by atoms with E-state index in [1.54, 1.807) is 0 Å². The molecule has 25 heavy (non-hydrogen) atoms. The van der Waals surface area contributed by atoms with Gasteiger partial charge in [-0.1, -0.05) is 0 Å². The number of carbonyl (C=O) groups excluding carboxylic acids is 2. The molecule has 136 valence electrons. The van der Waals surface area contributed by atoms with Crippen molar-refractivity contribution in [1.82, 2.24) is 10.6 Å². The van der Waals surface area contributed by atoms with E-state index in [-0.39, 0.29) is 18.0 Å². The van der Waals surface area contributed by atoms with Crippen LogP contribution >= 0.6 is 0 Å². The molecule has 0 aliphatic carbocycles. The smallest absolute Gasteiger partial charge is 0.416 e. The number of alkyl halides is 3. The second-order valence-corrected chi connectivity index (χ2v) is 5.24. The lowest BCUT2D eigenvalue weighted by Crippen LogP contribution is -2.52. The number of anilines is 1. The summed E-state index contributed by atoms with van der Waals surface area (Å²) in [4.78, 5) is 34.4. The van der Waals surface area contributed by atoms with Crippen molar-refractivity contribution in [2.45, 2.75) is 25.2 Å². The van der Waals surface area contributed by atoms with E-state index in [0.717, 1.165) is 18.2 Å². The summed E-state index contributed by atoms with van der Waals surface area (Å²) in [6.45, 7) is 0.943. The molecule has 1 heterocycles. The third kappa shape index (κ3) is 4.52. The van der Waals surface area contributed by atoms with Crippen LogP contribution in [0.4, 0.5) is 23.7 Å². The molecule has 1 aliphatic rings. The third-order valence-corrected chi connectivity index (χ3v) is 3.34. The Balaban J connectivity index is 2.11. The molecule has 8 nitrogen and oxygen atoms in total. The van der Waals surface area contributed by atoms with Crippen molar-refractivity contribution >= 4 is 23.6 Å². The first-order valence-corrected chi connectivity index (χ1v) is 7.02. The van der Waals surface area contributed by atoms with Gasteiger partial charge in [0.2, 0.25) is 5.91 Å². The molecule has 11 heteroatoms. The average molecular weight is 361 g/mol. The molecule has 1 aromatic rings. The molecule has 0 radical (unpaired) electrons. The van der Waals surface area contributed by atoms with Gasteiger partial charge in [0.1, 0.15) is 24.4 Å². The summed E-state index contributed by atoms with van der Waals surface area (Å²) in [6, 6.07) is 0.270. The summed E-state index contributed by atoms with van der Waals surface area (Å²) in [5, 5.41) is 15.0. The number of hydrogen-bond acceptors (Lipinski definition) is 4. The zero-order valence-electron chi connectivity index (χ0n) is 12.8. The van der Waals surface area contributed by atoms with Gasteiger partial charge in [-0.2, -0.15) is 13.2 Å². The lowest BCUT2D eigenvalue weighted by atomic mass is 10.1. The minimum Gasteiger partial charge on any atom is -0.489 e. The maximum Gasteiger partial charge on any atom is 0.416 e. The van der Waals surface area contributed by atoms with Crippen molar-refractivity contribution in [3.05, 3.63) is 23.8 Å². The van der Waals surface area contributed by atoms with Gasteiger partial charge in [-0.05, 0) is 25.1 Å². The van der Waals surface area contributed by atoms with E-state index >= 15 is 0 Å². The molecule has 1 aromatic carbocycles. The van der Waals surface area contributed by atoms with Crippen LogP contribution in [-0.4, -0.2) is 41.7 Å². The average Bonchev–Trinajstić information content (AvgIpc) is 2.64. The molecule has 4 N–H and O–H groups in total. The summed E-state index contributed by atoms with van der Waals surface area (Å²) >= 11 is 0. The Bertz CT molecular complexity index is 707. The van der Waals surface area contributed by atoms with Gasteiger partial charge >= 0.3 is 12.3 Å². The molecule has 2 atom stereocenters. The first-order chi connectivity index (χ1) is 11.6. The van der Waals surface area contributed by atoms with E-state index in [0.29, 0.717) is 0 Å². The van der Waals surface area contributed by atoms with Crippen LogP contribution in [0.5, 0.6) is 5.75 Å². The lowest BCUT2D eigenvalue weighted by molar-refractivity contribution is -0.137. The van der Waals surface area contributed by atoms with Gasteiger partial charge in [-0.3, -0.25) is 9.59 Å². The van der Waals surface area contributed by atoms with Crippen LogP contribution in [0.1, 0.15) is 12.5 Å². The van der Waals surface area contributed by atoms with Gasteiger partial charge in [0.05, 0.1) is 11.3 Å². The Labute approximate surface area is 139 Å². The first kappa shape index (κ1) is 18.4. The zero-order chi connectivity index (χ0) is 18.8. The third-order valence-electron chi connectivity index (χ3n) is 3.34. The number of carboxylic acid groups (broad SMARTS) is 1. The molecule has 0 spiro atoms. The van der Waals surface area contributed by atoms with Gasteiger partial charge < -0.3 is 25.8 Å². The molecule has 2 unspecified atom stereocenters. The fourth-order valence-corrected chi connectivity index (χ4v) is 2.05. The van der Waals surface area contributed by atoms with Gasteiger partial charge in [-0.15, -0.1) is 0 Å². The molecular weight excluding hydrogens is 347 g/mol. The molecule has 0 bridgehead atoms. The fourth-order valence-electron chi connectivity index (χ4n) is 2.05.